The smallest absolute Gasteiger partial charge is 0.232 e. The van der Waals surface area contributed by atoms with Crippen molar-refractivity contribution >= 4 is 21.8 Å². The van der Waals surface area contributed by atoms with Crippen LogP contribution < -0.4 is 5.32 Å². The molecule has 0 amide bonds. The Balaban J connectivity index is 2.49. The molecule has 4 nitrogen and oxygen atoms in total. The van der Waals surface area contributed by atoms with Crippen LogP contribution in [-0.4, -0.2) is 12.0 Å². The summed E-state index contributed by atoms with van der Waals surface area (Å²) in [5.41, 5.74) is 1.09. The van der Waals surface area contributed by atoms with Gasteiger partial charge in [-0.2, -0.15) is 10.2 Å². The molecule has 2 rings (SSSR count). The third-order valence-electron chi connectivity index (χ3n) is 2.03. The highest BCUT2D eigenvalue weighted by molar-refractivity contribution is 9.10. The first kappa shape index (κ1) is 10.7. The van der Waals surface area contributed by atoms with E-state index < -0.39 is 0 Å². The van der Waals surface area contributed by atoms with E-state index in [0.717, 1.165) is 10.0 Å². The molecule has 0 bridgehead atoms. The van der Waals surface area contributed by atoms with Crippen molar-refractivity contribution in [1.29, 1.82) is 5.26 Å². The van der Waals surface area contributed by atoms with Crippen LogP contribution in [0.25, 0.3) is 11.5 Å². The molecule has 0 aliphatic carbocycles. The molecule has 0 spiro atoms. The van der Waals surface area contributed by atoms with Crippen LogP contribution in [0.3, 0.4) is 0 Å². The van der Waals surface area contributed by atoms with Crippen molar-refractivity contribution < 1.29 is 4.42 Å². The first-order valence-corrected chi connectivity index (χ1v) is 5.38. The van der Waals surface area contributed by atoms with E-state index >= 15 is 0 Å². The summed E-state index contributed by atoms with van der Waals surface area (Å²) >= 11 is 3.37. The second-order valence-corrected chi connectivity index (χ2v) is 3.98. The lowest BCUT2D eigenvalue weighted by Gasteiger charge is -1.95. The van der Waals surface area contributed by atoms with Crippen LogP contribution in [-0.2, 0) is 0 Å². The van der Waals surface area contributed by atoms with E-state index in [1.165, 1.54) is 0 Å². The first-order valence-electron chi connectivity index (χ1n) is 4.59. The van der Waals surface area contributed by atoms with Gasteiger partial charge in [0.25, 0.3) is 0 Å². The van der Waals surface area contributed by atoms with Crippen LogP contribution in [0, 0.1) is 11.3 Å². The quantitative estimate of drug-likeness (QED) is 0.917. The van der Waals surface area contributed by atoms with Gasteiger partial charge in [0.2, 0.25) is 17.5 Å². The lowest BCUT2D eigenvalue weighted by Crippen LogP contribution is -1.87. The fourth-order valence-electron chi connectivity index (χ4n) is 1.31. The number of rotatable bonds is 2. The molecule has 0 saturated carbocycles. The molecule has 1 aromatic carbocycles. The molecule has 0 fully saturated rings. The van der Waals surface area contributed by atoms with Gasteiger partial charge in [0.05, 0.1) is 0 Å². The number of nitrogens with zero attached hydrogens (tertiary/aromatic N) is 2. The third kappa shape index (κ3) is 1.92. The van der Waals surface area contributed by atoms with E-state index in [1.807, 2.05) is 30.3 Å². The molecule has 5 heteroatoms. The van der Waals surface area contributed by atoms with Gasteiger partial charge in [-0.3, -0.25) is 0 Å². The number of aromatic nitrogens is 1. The second kappa shape index (κ2) is 4.37. The van der Waals surface area contributed by atoms with Crippen molar-refractivity contribution in [3.8, 4) is 17.5 Å². The first-order chi connectivity index (χ1) is 7.74. The summed E-state index contributed by atoms with van der Waals surface area (Å²) in [5.74, 6) is 0.819. The van der Waals surface area contributed by atoms with Gasteiger partial charge in [0.15, 0.2) is 0 Å². The molecule has 1 heterocycles. The average Bonchev–Trinajstić information content (AvgIpc) is 2.72. The van der Waals surface area contributed by atoms with Crippen LogP contribution in [0.5, 0.6) is 0 Å². The Bertz CT molecular complexity index is 557. The Morgan fingerprint density at radius 3 is 2.88 bits per heavy atom. The van der Waals surface area contributed by atoms with Crippen molar-refractivity contribution in [2.24, 2.45) is 0 Å². The number of halogens is 1. The van der Waals surface area contributed by atoms with Gasteiger partial charge >= 0.3 is 0 Å². The maximum absolute atomic E-state index is 8.84. The topological polar surface area (TPSA) is 61.9 Å². The van der Waals surface area contributed by atoms with Crippen LogP contribution in [0.2, 0.25) is 0 Å². The second-order valence-electron chi connectivity index (χ2n) is 3.07. The zero-order valence-electron chi connectivity index (χ0n) is 8.49. The normalized spacial score (nSPS) is 9.81. The minimum atomic E-state index is 0.262. The molecule has 16 heavy (non-hydrogen) atoms. The highest BCUT2D eigenvalue weighted by Crippen LogP contribution is 2.26. The van der Waals surface area contributed by atoms with Crippen molar-refractivity contribution in [3.05, 3.63) is 34.4 Å². The summed E-state index contributed by atoms with van der Waals surface area (Å²) in [6.07, 6.45) is 0. The monoisotopic (exact) mass is 277 g/mol. The maximum Gasteiger partial charge on any atom is 0.232 e. The van der Waals surface area contributed by atoms with Gasteiger partial charge in [0.1, 0.15) is 6.07 Å². The minimum absolute atomic E-state index is 0.262. The Labute approximate surface area is 101 Å². The molecule has 0 aliphatic rings. The van der Waals surface area contributed by atoms with Gasteiger partial charge in [-0.1, -0.05) is 22.0 Å². The number of benzene rings is 1. The van der Waals surface area contributed by atoms with E-state index in [1.54, 1.807) is 7.05 Å². The third-order valence-corrected chi connectivity index (χ3v) is 2.52. The van der Waals surface area contributed by atoms with E-state index in [4.69, 9.17) is 9.68 Å². The Morgan fingerprint density at radius 1 is 1.50 bits per heavy atom. The standard InChI is InChI=1S/C11H8BrN3O/c1-14-11-9(6-13)15-10(16-11)7-3-2-4-8(12)5-7/h2-5,14H,1H3. The largest absolute Gasteiger partial charge is 0.419 e. The maximum atomic E-state index is 8.84. The Morgan fingerprint density at radius 2 is 2.31 bits per heavy atom. The van der Waals surface area contributed by atoms with Gasteiger partial charge in [-0.15, -0.1) is 0 Å². The molecule has 80 valence electrons. The molecular weight excluding hydrogens is 270 g/mol. The molecule has 2 aromatic rings. The number of hydrogen-bond acceptors (Lipinski definition) is 4. The van der Waals surface area contributed by atoms with Crippen LogP contribution in [0.1, 0.15) is 5.69 Å². The molecule has 0 unspecified atom stereocenters. The zero-order valence-corrected chi connectivity index (χ0v) is 10.1. The number of oxazole rings is 1. The summed E-state index contributed by atoms with van der Waals surface area (Å²) in [7, 11) is 1.69. The molecule has 0 saturated heterocycles. The van der Waals surface area contributed by atoms with Gasteiger partial charge in [0, 0.05) is 17.1 Å². The lowest BCUT2D eigenvalue weighted by molar-refractivity contribution is 0.589. The fraction of sp³-hybridized carbons (Fsp3) is 0.0909. The zero-order chi connectivity index (χ0) is 11.5. The van der Waals surface area contributed by atoms with E-state index in [2.05, 4.69) is 26.2 Å². The minimum Gasteiger partial charge on any atom is -0.419 e. The lowest BCUT2D eigenvalue weighted by atomic mass is 10.2. The predicted molar refractivity (Wildman–Crippen MR) is 63.9 cm³/mol. The number of hydrogen-bond donors (Lipinski definition) is 1. The number of nitriles is 1. The highest BCUT2D eigenvalue weighted by atomic mass is 79.9. The number of nitrogens with one attached hydrogen (secondary N) is 1. The molecule has 1 N–H and O–H groups in total. The van der Waals surface area contributed by atoms with Gasteiger partial charge in [-0.25, -0.2) is 0 Å². The summed E-state index contributed by atoms with van der Waals surface area (Å²) in [6.45, 7) is 0. The van der Waals surface area contributed by atoms with Crippen molar-refractivity contribution in [3.63, 3.8) is 0 Å². The summed E-state index contributed by atoms with van der Waals surface area (Å²) in [6, 6.07) is 9.52. The molecule has 0 aliphatic heterocycles. The summed E-state index contributed by atoms with van der Waals surface area (Å²) < 4.78 is 6.37. The predicted octanol–water partition coefficient (Wildman–Crippen LogP) is 3.02. The SMILES string of the molecule is CNc1oc(-c2cccc(Br)c2)nc1C#N. The fourth-order valence-corrected chi connectivity index (χ4v) is 1.71. The van der Waals surface area contributed by atoms with Crippen molar-refractivity contribution in [2.45, 2.75) is 0 Å². The summed E-state index contributed by atoms with van der Waals surface area (Å²) in [4.78, 5) is 4.10. The molecule has 0 atom stereocenters. The van der Waals surface area contributed by atoms with Crippen LogP contribution >= 0.6 is 15.9 Å². The van der Waals surface area contributed by atoms with Crippen molar-refractivity contribution in [1.82, 2.24) is 4.98 Å². The van der Waals surface area contributed by atoms with Gasteiger partial charge in [-0.05, 0) is 18.2 Å². The van der Waals surface area contributed by atoms with E-state index in [-0.39, 0.29) is 5.69 Å². The molecular formula is C11H8BrN3O. The Kier molecular flexibility index (Phi) is 2.93. The van der Waals surface area contributed by atoms with Crippen LogP contribution in [0.15, 0.2) is 33.2 Å². The number of anilines is 1. The molecule has 1 aromatic heterocycles. The summed E-state index contributed by atoms with van der Waals surface area (Å²) in [5, 5.41) is 11.6. The van der Waals surface area contributed by atoms with Gasteiger partial charge < -0.3 is 9.73 Å². The average molecular weight is 278 g/mol. The van der Waals surface area contributed by atoms with E-state index in [9.17, 15) is 0 Å². The highest BCUT2D eigenvalue weighted by Gasteiger charge is 2.12. The van der Waals surface area contributed by atoms with E-state index in [0.29, 0.717) is 11.8 Å². The molecule has 0 radical (unpaired) electrons. The van der Waals surface area contributed by atoms with Crippen LogP contribution in [0.4, 0.5) is 5.88 Å². The Hall–Kier alpha value is -1.80. The van der Waals surface area contributed by atoms with Crippen molar-refractivity contribution in [2.75, 3.05) is 12.4 Å².